The molecule has 2 aromatic rings. The summed E-state index contributed by atoms with van der Waals surface area (Å²) in [5.74, 6) is 6.45. The van der Waals surface area contributed by atoms with Gasteiger partial charge in [-0.25, -0.2) is 4.39 Å². The smallest absolute Gasteiger partial charge is 0.124 e. The Labute approximate surface area is 129 Å². The van der Waals surface area contributed by atoms with Gasteiger partial charge in [0.1, 0.15) is 5.82 Å². The summed E-state index contributed by atoms with van der Waals surface area (Å²) in [7, 11) is 0. The van der Waals surface area contributed by atoms with Crippen molar-refractivity contribution >= 4 is 11.6 Å². The zero-order valence-electron chi connectivity index (χ0n) is 11.6. The molecule has 0 heterocycles. The van der Waals surface area contributed by atoms with Gasteiger partial charge in [-0.05, 0) is 47.9 Å². The molecule has 0 aromatic heterocycles. The van der Waals surface area contributed by atoms with Gasteiger partial charge in [0.25, 0.3) is 0 Å². The van der Waals surface area contributed by atoms with E-state index >= 15 is 0 Å². The summed E-state index contributed by atoms with van der Waals surface area (Å²) in [6.07, 6.45) is 1.83. The molecule has 1 aliphatic carbocycles. The normalized spacial score (nSPS) is 22.0. The zero-order chi connectivity index (χ0) is 14.8. The highest BCUT2D eigenvalue weighted by Gasteiger charge is 2.43. The van der Waals surface area contributed by atoms with E-state index in [-0.39, 0.29) is 11.9 Å². The van der Waals surface area contributed by atoms with E-state index in [9.17, 15) is 4.39 Å². The minimum atomic E-state index is -0.311. The lowest BCUT2D eigenvalue weighted by atomic mass is 9.99. The van der Waals surface area contributed by atoms with E-state index in [0.717, 1.165) is 12.0 Å². The summed E-state index contributed by atoms with van der Waals surface area (Å²) >= 11 is 6.10. The fourth-order valence-corrected chi connectivity index (χ4v) is 3.25. The van der Waals surface area contributed by atoms with Crippen LogP contribution in [-0.4, -0.2) is 6.04 Å². The van der Waals surface area contributed by atoms with Crippen LogP contribution >= 0.6 is 11.6 Å². The Morgan fingerprint density at radius 1 is 1.24 bits per heavy atom. The molecule has 1 aliphatic rings. The van der Waals surface area contributed by atoms with Crippen LogP contribution in [0, 0.1) is 11.7 Å². The molecule has 3 atom stereocenters. The van der Waals surface area contributed by atoms with Gasteiger partial charge < -0.3 is 0 Å². The van der Waals surface area contributed by atoms with Gasteiger partial charge in [0, 0.05) is 11.1 Å². The Balaban J connectivity index is 1.70. The topological polar surface area (TPSA) is 38.0 Å². The minimum Gasteiger partial charge on any atom is -0.271 e. The number of nitrogens with two attached hydrogens (primary N) is 1. The van der Waals surface area contributed by atoms with Crippen molar-refractivity contribution in [3.05, 3.63) is 70.5 Å². The number of hydrazine groups is 1. The molecule has 0 saturated heterocycles. The maximum absolute atomic E-state index is 13.1. The fraction of sp³-hybridized carbons (Fsp3) is 0.294. The molecule has 2 nitrogen and oxygen atoms in total. The summed E-state index contributed by atoms with van der Waals surface area (Å²) in [5.41, 5.74) is 5.19. The molecule has 0 aliphatic heterocycles. The van der Waals surface area contributed by atoms with Crippen LogP contribution in [0.15, 0.2) is 48.5 Å². The van der Waals surface area contributed by atoms with Gasteiger partial charge in [0.2, 0.25) is 0 Å². The van der Waals surface area contributed by atoms with Crippen molar-refractivity contribution in [2.45, 2.75) is 24.8 Å². The molecule has 21 heavy (non-hydrogen) atoms. The Bertz CT molecular complexity index is 617. The molecule has 1 saturated carbocycles. The molecule has 0 radical (unpaired) electrons. The number of rotatable bonds is 5. The lowest BCUT2D eigenvalue weighted by Gasteiger charge is -2.17. The largest absolute Gasteiger partial charge is 0.271 e. The predicted molar refractivity (Wildman–Crippen MR) is 83.5 cm³/mol. The van der Waals surface area contributed by atoms with Gasteiger partial charge in [0.15, 0.2) is 0 Å². The van der Waals surface area contributed by atoms with E-state index in [4.69, 9.17) is 17.4 Å². The van der Waals surface area contributed by atoms with Crippen molar-refractivity contribution in [3.8, 4) is 0 Å². The maximum atomic E-state index is 13.1. The molecule has 0 amide bonds. The summed E-state index contributed by atoms with van der Waals surface area (Å²) in [6, 6.07) is 15.1. The van der Waals surface area contributed by atoms with Crippen molar-refractivity contribution in [1.82, 2.24) is 5.43 Å². The highest BCUT2D eigenvalue weighted by molar-refractivity contribution is 6.31. The second-order valence-electron chi connectivity index (χ2n) is 5.63. The Morgan fingerprint density at radius 3 is 2.67 bits per heavy atom. The van der Waals surface area contributed by atoms with Crippen LogP contribution in [0.4, 0.5) is 4.39 Å². The van der Waals surface area contributed by atoms with Gasteiger partial charge >= 0.3 is 0 Å². The molecule has 3 N–H and O–H groups in total. The monoisotopic (exact) mass is 304 g/mol. The van der Waals surface area contributed by atoms with Gasteiger partial charge in [-0.15, -0.1) is 0 Å². The van der Waals surface area contributed by atoms with Gasteiger partial charge in [-0.3, -0.25) is 11.3 Å². The molecule has 0 bridgehead atoms. The summed E-state index contributed by atoms with van der Waals surface area (Å²) in [5, 5.41) is 0.465. The summed E-state index contributed by atoms with van der Waals surface area (Å²) in [6.45, 7) is 0. The third-order valence-corrected chi connectivity index (χ3v) is 4.61. The van der Waals surface area contributed by atoms with Crippen LogP contribution in [0.3, 0.4) is 0 Å². The lowest BCUT2D eigenvalue weighted by Crippen LogP contribution is -2.39. The maximum Gasteiger partial charge on any atom is 0.124 e. The van der Waals surface area contributed by atoms with Crippen LogP contribution in [-0.2, 0) is 6.42 Å². The van der Waals surface area contributed by atoms with Gasteiger partial charge in [0.05, 0.1) is 0 Å². The van der Waals surface area contributed by atoms with Gasteiger partial charge in [-0.1, -0.05) is 48.0 Å². The molecule has 3 unspecified atom stereocenters. The average molecular weight is 305 g/mol. The minimum absolute atomic E-state index is 0.151. The van der Waals surface area contributed by atoms with Crippen molar-refractivity contribution in [1.29, 1.82) is 0 Å². The van der Waals surface area contributed by atoms with Crippen LogP contribution < -0.4 is 11.3 Å². The second-order valence-corrected chi connectivity index (χ2v) is 6.04. The summed E-state index contributed by atoms with van der Waals surface area (Å²) in [4.78, 5) is 0. The average Bonchev–Trinajstić information content (AvgIpc) is 3.28. The first-order valence-corrected chi connectivity index (χ1v) is 7.52. The Morgan fingerprint density at radius 2 is 2.00 bits per heavy atom. The predicted octanol–water partition coefficient (Wildman–Crippen LogP) is 3.66. The number of hydrogen-bond acceptors (Lipinski definition) is 2. The van der Waals surface area contributed by atoms with E-state index in [1.165, 1.54) is 17.7 Å². The van der Waals surface area contributed by atoms with Crippen molar-refractivity contribution in [2.75, 3.05) is 0 Å². The van der Waals surface area contributed by atoms with E-state index < -0.39 is 0 Å². The zero-order valence-corrected chi connectivity index (χ0v) is 12.4. The second kappa shape index (κ2) is 6.14. The molecule has 2 aromatic carbocycles. The molecule has 4 heteroatoms. The first kappa shape index (κ1) is 14.5. The van der Waals surface area contributed by atoms with Gasteiger partial charge in [-0.2, -0.15) is 0 Å². The third kappa shape index (κ3) is 3.26. The van der Waals surface area contributed by atoms with Crippen LogP contribution in [0.1, 0.15) is 23.5 Å². The van der Waals surface area contributed by atoms with Crippen LogP contribution in [0.5, 0.6) is 0 Å². The SMILES string of the molecule is NNC(Cc1ccc(F)cc1Cl)C1CC1c1ccccc1. The lowest BCUT2D eigenvalue weighted by molar-refractivity contribution is 0.464. The summed E-state index contributed by atoms with van der Waals surface area (Å²) < 4.78 is 13.1. The molecule has 3 rings (SSSR count). The van der Waals surface area contributed by atoms with Crippen molar-refractivity contribution in [3.63, 3.8) is 0 Å². The Hall–Kier alpha value is -1.42. The van der Waals surface area contributed by atoms with Crippen LogP contribution in [0.25, 0.3) is 0 Å². The molecule has 0 spiro atoms. The van der Waals surface area contributed by atoms with E-state index in [0.29, 0.717) is 23.3 Å². The van der Waals surface area contributed by atoms with E-state index in [1.807, 2.05) is 6.07 Å². The van der Waals surface area contributed by atoms with E-state index in [1.54, 1.807) is 6.07 Å². The highest BCUT2D eigenvalue weighted by Crippen LogP contribution is 2.50. The first-order valence-electron chi connectivity index (χ1n) is 7.14. The van der Waals surface area contributed by atoms with Crippen molar-refractivity contribution in [2.24, 2.45) is 11.8 Å². The van der Waals surface area contributed by atoms with Crippen LogP contribution in [0.2, 0.25) is 5.02 Å². The molecule has 110 valence electrons. The number of nitrogens with one attached hydrogen (secondary N) is 1. The van der Waals surface area contributed by atoms with Crippen molar-refractivity contribution < 1.29 is 4.39 Å². The molecular formula is C17H18ClFN2. The molecular weight excluding hydrogens is 287 g/mol. The number of halogens is 2. The standard InChI is InChI=1S/C17H18ClFN2/c18-16-9-13(19)7-6-12(16)8-17(21-20)15-10-14(15)11-4-2-1-3-5-11/h1-7,9,14-15,17,21H,8,10,20H2. The van der Waals surface area contributed by atoms with E-state index in [2.05, 4.69) is 29.7 Å². The number of hydrogen-bond donors (Lipinski definition) is 2. The quantitative estimate of drug-likeness (QED) is 0.653. The Kier molecular flexibility index (Phi) is 4.24. The number of benzene rings is 2. The third-order valence-electron chi connectivity index (χ3n) is 4.25. The highest BCUT2D eigenvalue weighted by atomic mass is 35.5. The molecule has 1 fully saturated rings. The fourth-order valence-electron chi connectivity index (χ4n) is 3.00. The first-order chi connectivity index (χ1) is 10.2.